The van der Waals surface area contributed by atoms with E-state index in [1.807, 2.05) is 0 Å². The van der Waals surface area contributed by atoms with Crippen LogP contribution in [0.25, 0.3) is 0 Å². The van der Waals surface area contributed by atoms with Crippen molar-refractivity contribution < 1.29 is 4.39 Å². The van der Waals surface area contributed by atoms with E-state index in [9.17, 15) is 4.39 Å². The van der Waals surface area contributed by atoms with Crippen LogP contribution in [0.1, 0.15) is 25.7 Å². The zero-order chi connectivity index (χ0) is 7.66. The molecule has 3 heteroatoms. The highest BCUT2D eigenvalue weighted by atomic mass is 32.1. The fraction of sp³-hybridized carbons (Fsp3) is 0.857. The van der Waals surface area contributed by atoms with E-state index >= 15 is 0 Å². The van der Waals surface area contributed by atoms with Crippen LogP contribution in [0.2, 0.25) is 0 Å². The largest absolute Gasteiger partial charge is 0.251 e. The minimum absolute atomic E-state index is 0.198. The van der Waals surface area contributed by atoms with Gasteiger partial charge in [0.2, 0.25) is 0 Å². The van der Waals surface area contributed by atoms with E-state index in [1.165, 1.54) is 0 Å². The Morgan fingerprint density at radius 2 is 1.90 bits per heavy atom. The molecule has 0 saturated carbocycles. The first-order valence-electron chi connectivity index (χ1n) is 3.51. The van der Waals surface area contributed by atoms with Crippen molar-refractivity contribution in [2.24, 2.45) is 4.99 Å². The zero-order valence-electron chi connectivity index (χ0n) is 5.98. The number of hydrogen-bond donors (Lipinski definition) is 0. The molecule has 0 bridgehead atoms. The number of halogens is 1. The van der Waals surface area contributed by atoms with Gasteiger partial charge in [-0.05, 0) is 25.1 Å². The Morgan fingerprint density at radius 3 is 2.50 bits per heavy atom. The summed E-state index contributed by atoms with van der Waals surface area (Å²) in [6, 6.07) is 0. The normalized spacial score (nSPS) is 8.90. The van der Waals surface area contributed by atoms with Crippen LogP contribution < -0.4 is 0 Å². The molecular weight excluding hydrogens is 149 g/mol. The minimum Gasteiger partial charge on any atom is -0.251 e. The lowest BCUT2D eigenvalue weighted by Gasteiger charge is -1.92. The highest BCUT2D eigenvalue weighted by molar-refractivity contribution is 7.78. The van der Waals surface area contributed by atoms with E-state index in [1.54, 1.807) is 0 Å². The molecule has 0 unspecified atom stereocenters. The number of isothiocyanates is 1. The van der Waals surface area contributed by atoms with Gasteiger partial charge < -0.3 is 0 Å². The third kappa shape index (κ3) is 7.73. The van der Waals surface area contributed by atoms with Crippen LogP contribution in [0, 0.1) is 0 Å². The molecule has 0 radical (unpaired) electrons. The lowest BCUT2D eigenvalue weighted by Crippen LogP contribution is -1.82. The van der Waals surface area contributed by atoms with Gasteiger partial charge in [0.1, 0.15) is 0 Å². The average Bonchev–Trinajstić information content (AvgIpc) is 1.97. The standard InChI is InChI=1S/C7H12FNS/c8-5-3-1-2-4-6-9-7-10/h1-6H2. The van der Waals surface area contributed by atoms with Crippen LogP contribution in [0.15, 0.2) is 4.99 Å². The van der Waals surface area contributed by atoms with E-state index in [0.717, 1.165) is 25.8 Å². The topological polar surface area (TPSA) is 12.4 Å². The summed E-state index contributed by atoms with van der Waals surface area (Å²) >= 11 is 4.38. The third-order valence-electron chi connectivity index (χ3n) is 1.22. The number of unbranched alkanes of at least 4 members (excludes halogenated alkanes) is 3. The Kier molecular flexibility index (Phi) is 8.49. The van der Waals surface area contributed by atoms with Gasteiger partial charge in [0.25, 0.3) is 0 Å². The van der Waals surface area contributed by atoms with Gasteiger partial charge >= 0.3 is 0 Å². The van der Waals surface area contributed by atoms with Crippen LogP contribution in [-0.4, -0.2) is 18.4 Å². The van der Waals surface area contributed by atoms with Gasteiger partial charge in [-0.15, -0.1) is 0 Å². The van der Waals surface area contributed by atoms with E-state index in [0.29, 0.717) is 6.42 Å². The molecule has 0 atom stereocenters. The van der Waals surface area contributed by atoms with Gasteiger partial charge in [-0.2, -0.15) is 0 Å². The van der Waals surface area contributed by atoms with Crippen LogP contribution in [0.4, 0.5) is 4.39 Å². The number of hydrogen-bond acceptors (Lipinski definition) is 2. The van der Waals surface area contributed by atoms with Gasteiger partial charge in [-0.3, -0.25) is 4.39 Å². The predicted molar refractivity (Wildman–Crippen MR) is 44.3 cm³/mol. The maximum Gasteiger partial charge on any atom is 0.0894 e. The second-order valence-corrected chi connectivity index (χ2v) is 2.26. The Hall–Kier alpha value is -0.270. The number of thiocarbonyl (C=S) groups is 1. The highest BCUT2D eigenvalue weighted by Crippen LogP contribution is 1.99. The van der Waals surface area contributed by atoms with Gasteiger partial charge in [0.15, 0.2) is 0 Å². The SMILES string of the molecule is FCCCCCCN=C=S. The predicted octanol–water partition coefficient (Wildman–Crippen LogP) is 2.62. The second kappa shape index (κ2) is 8.73. The molecule has 0 aliphatic rings. The second-order valence-electron chi connectivity index (χ2n) is 2.08. The summed E-state index contributed by atoms with van der Waals surface area (Å²) < 4.78 is 11.5. The van der Waals surface area contributed by atoms with Gasteiger partial charge in [-0.1, -0.05) is 12.8 Å². The molecule has 0 aromatic rings. The fourth-order valence-corrected chi connectivity index (χ4v) is 0.776. The molecule has 0 amide bonds. The molecule has 0 saturated heterocycles. The lowest BCUT2D eigenvalue weighted by molar-refractivity contribution is 0.454. The summed E-state index contributed by atoms with van der Waals surface area (Å²) in [6.45, 7) is 0.548. The summed E-state index contributed by atoms with van der Waals surface area (Å²) in [5, 5.41) is 2.29. The number of alkyl halides is 1. The van der Waals surface area contributed by atoms with Crippen LogP contribution >= 0.6 is 12.2 Å². The van der Waals surface area contributed by atoms with E-state index in [2.05, 4.69) is 22.4 Å². The molecule has 0 aromatic heterocycles. The maximum absolute atomic E-state index is 11.5. The van der Waals surface area contributed by atoms with Crippen LogP contribution in [0.5, 0.6) is 0 Å². The first-order chi connectivity index (χ1) is 4.91. The van der Waals surface area contributed by atoms with Crippen molar-refractivity contribution in [3.63, 3.8) is 0 Å². The van der Waals surface area contributed by atoms with Crippen molar-refractivity contribution in [1.82, 2.24) is 0 Å². The number of aliphatic imine (C=N–C) groups is 1. The quantitative estimate of drug-likeness (QED) is 0.331. The highest BCUT2D eigenvalue weighted by Gasteiger charge is 1.86. The van der Waals surface area contributed by atoms with Gasteiger partial charge in [0.05, 0.1) is 11.8 Å². The van der Waals surface area contributed by atoms with Crippen molar-refractivity contribution in [2.75, 3.05) is 13.2 Å². The Labute approximate surface area is 66.3 Å². The number of rotatable bonds is 6. The summed E-state index contributed by atoms with van der Waals surface area (Å²) in [4.78, 5) is 3.74. The van der Waals surface area contributed by atoms with E-state index < -0.39 is 0 Å². The molecule has 58 valence electrons. The molecule has 0 aliphatic heterocycles. The average molecular weight is 161 g/mol. The summed E-state index contributed by atoms with van der Waals surface area (Å²) in [5.41, 5.74) is 0. The monoisotopic (exact) mass is 161 g/mol. The summed E-state index contributed by atoms with van der Waals surface area (Å²) in [7, 11) is 0. The van der Waals surface area contributed by atoms with Crippen molar-refractivity contribution in [3.05, 3.63) is 0 Å². The third-order valence-corrected chi connectivity index (χ3v) is 1.35. The molecule has 0 aromatic carbocycles. The molecule has 0 spiro atoms. The van der Waals surface area contributed by atoms with Gasteiger partial charge in [-0.25, -0.2) is 4.99 Å². The zero-order valence-corrected chi connectivity index (χ0v) is 6.79. The summed E-state index contributed by atoms with van der Waals surface area (Å²) in [6.07, 6.45) is 3.69. The van der Waals surface area contributed by atoms with Crippen LogP contribution in [0.3, 0.4) is 0 Å². The Morgan fingerprint density at radius 1 is 1.20 bits per heavy atom. The molecule has 0 aliphatic carbocycles. The molecule has 0 rings (SSSR count). The number of nitrogens with zero attached hydrogens (tertiary/aromatic N) is 1. The first kappa shape index (κ1) is 9.73. The molecule has 0 heterocycles. The van der Waals surface area contributed by atoms with Crippen molar-refractivity contribution in [1.29, 1.82) is 0 Å². The van der Waals surface area contributed by atoms with E-state index in [4.69, 9.17) is 0 Å². The maximum atomic E-state index is 11.5. The van der Waals surface area contributed by atoms with Crippen molar-refractivity contribution >= 4 is 17.4 Å². The van der Waals surface area contributed by atoms with Crippen molar-refractivity contribution in [2.45, 2.75) is 25.7 Å². The lowest BCUT2D eigenvalue weighted by atomic mass is 10.2. The van der Waals surface area contributed by atoms with Gasteiger partial charge in [0, 0.05) is 6.54 Å². The fourth-order valence-electron chi connectivity index (χ4n) is 0.685. The molecular formula is C7H12FNS. The smallest absolute Gasteiger partial charge is 0.0894 e. The summed E-state index contributed by atoms with van der Waals surface area (Å²) in [5.74, 6) is 0. The Balaban J connectivity index is 2.83. The van der Waals surface area contributed by atoms with E-state index in [-0.39, 0.29) is 6.67 Å². The Bertz CT molecular complexity index is 110. The molecule has 0 N–H and O–H groups in total. The van der Waals surface area contributed by atoms with Crippen LogP contribution in [-0.2, 0) is 0 Å². The molecule has 0 fully saturated rings. The molecule has 1 nitrogen and oxygen atoms in total. The molecule has 10 heavy (non-hydrogen) atoms. The van der Waals surface area contributed by atoms with Crippen molar-refractivity contribution in [3.8, 4) is 0 Å². The first-order valence-corrected chi connectivity index (χ1v) is 3.92. The minimum atomic E-state index is -0.198.